The Balaban J connectivity index is 1.69. The fraction of sp³-hybridized carbons (Fsp3) is 0.909. The van der Waals surface area contributed by atoms with Crippen molar-refractivity contribution in [2.75, 3.05) is 19.7 Å². The van der Waals surface area contributed by atoms with Crippen molar-refractivity contribution < 1.29 is 14.6 Å². The number of hydrogen-bond acceptors (Lipinski definition) is 4. The van der Waals surface area contributed by atoms with Crippen LogP contribution in [0.25, 0.3) is 0 Å². The zero-order valence-corrected chi connectivity index (χ0v) is 9.61. The Morgan fingerprint density at radius 3 is 2.81 bits per heavy atom. The minimum absolute atomic E-state index is 0.0133. The van der Waals surface area contributed by atoms with E-state index in [-0.39, 0.29) is 18.1 Å². The molecule has 0 radical (unpaired) electrons. The molecular formula is C11H20N2O3. The van der Waals surface area contributed by atoms with Gasteiger partial charge in [-0.25, -0.2) is 0 Å². The van der Waals surface area contributed by atoms with Crippen molar-refractivity contribution in [3.8, 4) is 0 Å². The molecule has 3 N–H and O–H groups in total. The molecule has 0 aromatic carbocycles. The summed E-state index contributed by atoms with van der Waals surface area (Å²) in [7, 11) is 0. The third kappa shape index (κ3) is 3.17. The van der Waals surface area contributed by atoms with Crippen LogP contribution in [0.5, 0.6) is 0 Å². The van der Waals surface area contributed by atoms with Crippen molar-refractivity contribution in [3.63, 3.8) is 0 Å². The summed E-state index contributed by atoms with van der Waals surface area (Å²) >= 11 is 0. The highest BCUT2D eigenvalue weighted by atomic mass is 16.5. The first-order valence-electron chi connectivity index (χ1n) is 5.94. The summed E-state index contributed by atoms with van der Waals surface area (Å²) in [5.41, 5.74) is 0. The van der Waals surface area contributed by atoms with Gasteiger partial charge in [0.1, 0.15) is 6.10 Å². The first-order valence-corrected chi connectivity index (χ1v) is 5.94. The maximum Gasteiger partial charge on any atom is 0.216 e. The summed E-state index contributed by atoms with van der Waals surface area (Å²) in [5, 5.41) is 15.9. The van der Waals surface area contributed by atoms with E-state index < -0.39 is 6.10 Å². The van der Waals surface area contributed by atoms with Crippen molar-refractivity contribution >= 4 is 5.91 Å². The minimum atomic E-state index is -0.523. The minimum Gasteiger partial charge on any atom is -0.389 e. The van der Waals surface area contributed by atoms with Crippen LogP contribution in [0.15, 0.2) is 0 Å². The monoisotopic (exact) mass is 228 g/mol. The van der Waals surface area contributed by atoms with E-state index in [0.29, 0.717) is 13.2 Å². The standard InChI is InChI=1S/C11H20N2O3/c1-7(14)12-5-10-11(15)9(6-16-10)13-4-8-2-3-8/h8-11,13,15H,2-6H2,1H3,(H,12,14)/t9-,10-,11+/m1/s1. The fourth-order valence-electron chi connectivity index (χ4n) is 1.93. The average Bonchev–Trinajstić information content (AvgIpc) is 2.99. The van der Waals surface area contributed by atoms with Gasteiger partial charge >= 0.3 is 0 Å². The highest BCUT2D eigenvalue weighted by molar-refractivity contribution is 5.72. The van der Waals surface area contributed by atoms with E-state index in [4.69, 9.17) is 4.74 Å². The molecule has 0 aromatic rings. The molecule has 3 atom stereocenters. The molecule has 1 heterocycles. The third-order valence-corrected chi connectivity index (χ3v) is 3.20. The van der Waals surface area contributed by atoms with Gasteiger partial charge in [-0.1, -0.05) is 0 Å². The van der Waals surface area contributed by atoms with Crippen molar-refractivity contribution in [1.29, 1.82) is 0 Å². The molecule has 5 nitrogen and oxygen atoms in total. The summed E-state index contributed by atoms with van der Waals surface area (Å²) in [6.45, 7) is 3.35. The summed E-state index contributed by atoms with van der Waals surface area (Å²) in [4.78, 5) is 10.7. The van der Waals surface area contributed by atoms with E-state index in [2.05, 4.69) is 10.6 Å². The number of hydrogen-bond donors (Lipinski definition) is 3. The second kappa shape index (κ2) is 5.12. The van der Waals surface area contributed by atoms with Gasteiger partial charge in [0, 0.05) is 13.5 Å². The number of ether oxygens (including phenoxy) is 1. The van der Waals surface area contributed by atoms with E-state index in [0.717, 1.165) is 12.5 Å². The van der Waals surface area contributed by atoms with Gasteiger partial charge in [-0.05, 0) is 25.3 Å². The van der Waals surface area contributed by atoms with Gasteiger partial charge in [0.05, 0.1) is 18.8 Å². The van der Waals surface area contributed by atoms with E-state index >= 15 is 0 Å². The van der Waals surface area contributed by atoms with Gasteiger partial charge in [0.25, 0.3) is 0 Å². The summed E-state index contributed by atoms with van der Waals surface area (Å²) in [6, 6.07) is 0.0133. The lowest BCUT2D eigenvalue weighted by molar-refractivity contribution is -0.119. The van der Waals surface area contributed by atoms with Gasteiger partial charge in [0.2, 0.25) is 5.91 Å². The second-order valence-electron chi connectivity index (χ2n) is 4.76. The molecule has 0 unspecified atom stereocenters. The molecule has 0 bridgehead atoms. The van der Waals surface area contributed by atoms with Gasteiger partial charge in [0.15, 0.2) is 0 Å². The van der Waals surface area contributed by atoms with E-state index in [1.54, 1.807) is 0 Å². The molecule has 2 fully saturated rings. The smallest absolute Gasteiger partial charge is 0.216 e. The Kier molecular flexibility index (Phi) is 3.78. The Hall–Kier alpha value is -0.650. The van der Waals surface area contributed by atoms with Gasteiger partial charge in [-0.3, -0.25) is 4.79 Å². The fourth-order valence-corrected chi connectivity index (χ4v) is 1.93. The van der Waals surface area contributed by atoms with E-state index in [1.807, 2.05) is 0 Å². The largest absolute Gasteiger partial charge is 0.389 e. The van der Waals surface area contributed by atoms with Gasteiger partial charge in [-0.2, -0.15) is 0 Å². The molecule has 1 saturated heterocycles. The number of aliphatic hydroxyl groups excluding tert-OH is 1. The van der Waals surface area contributed by atoms with Crippen LogP contribution in [0.2, 0.25) is 0 Å². The maximum atomic E-state index is 10.7. The Labute approximate surface area is 95.5 Å². The molecule has 1 amide bonds. The van der Waals surface area contributed by atoms with Crippen molar-refractivity contribution in [2.45, 2.75) is 38.0 Å². The van der Waals surface area contributed by atoms with E-state index in [1.165, 1.54) is 19.8 Å². The van der Waals surface area contributed by atoms with Crippen molar-refractivity contribution in [3.05, 3.63) is 0 Å². The Bertz CT molecular complexity index is 256. The number of amides is 1. The molecule has 2 aliphatic rings. The molecule has 1 aliphatic heterocycles. The third-order valence-electron chi connectivity index (χ3n) is 3.20. The molecule has 0 aromatic heterocycles. The summed E-state index contributed by atoms with van der Waals surface area (Å²) in [6.07, 6.45) is 1.80. The average molecular weight is 228 g/mol. The number of nitrogens with one attached hydrogen (secondary N) is 2. The van der Waals surface area contributed by atoms with E-state index in [9.17, 15) is 9.90 Å². The topological polar surface area (TPSA) is 70.6 Å². The van der Waals surface area contributed by atoms with Crippen LogP contribution in [0, 0.1) is 5.92 Å². The number of aliphatic hydroxyl groups is 1. The second-order valence-corrected chi connectivity index (χ2v) is 4.76. The molecule has 0 spiro atoms. The first-order chi connectivity index (χ1) is 7.66. The number of rotatable bonds is 5. The van der Waals surface area contributed by atoms with Crippen LogP contribution in [-0.2, 0) is 9.53 Å². The van der Waals surface area contributed by atoms with Crippen LogP contribution in [-0.4, -0.2) is 49.0 Å². The van der Waals surface area contributed by atoms with Crippen LogP contribution in [0.3, 0.4) is 0 Å². The first kappa shape index (κ1) is 11.8. The Morgan fingerprint density at radius 1 is 1.44 bits per heavy atom. The predicted octanol–water partition coefficient (Wildman–Crippen LogP) is -0.750. The highest BCUT2D eigenvalue weighted by Gasteiger charge is 2.36. The molecular weight excluding hydrogens is 208 g/mol. The molecule has 16 heavy (non-hydrogen) atoms. The molecule has 1 aliphatic carbocycles. The van der Waals surface area contributed by atoms with Crippen LogP contribution < -0.4 is 10.6 Å². The molecule has 5 heteroatoms. The maximum absolute atomic E-state index is 10.7. The van der Waals surface area contributed by atoms with Crippen LogP contribution in [0.4, 0.5) is 0 Å². The van der Waals surface area contributed by atoms with Crippen molar-refractivity contribution in [1.82, 2.24) is 10.6 Å². The highest BCUT2D eigenvalue weighted by Crippen LogP contribution is 2.28. The SMILES string of the molecule is CC(=O)NC[C@H]1OC[C@@H](NCC2CC2)[C@@H]1O. The normalized spacial score (nSPS) is 34.0. The quantitative estimate of drug-likeness (QED) is 0.579. The lowest BCUT2D eigenvalue weighted by Gasteiger charge is -2.18. The van der Waals surface area contributed by atoms with Crippen molar-refractivity contribution in [2.24, 2.45) is 5.92 Å². The summed E-state index contributed by atoms with van der Waals surface area (Å²) < 4.78 is 5.45. The zero-order chi connectivity index (χ0) is 11.5. The lowest BCUT2D eigenvalue weighted by Crippen LogP contribution is -2.45. The van der Waals surface area contributed by atoms with Crippen LogP contribution >= 0.6 is 0 Å². The molecule has 92 valence electrons. The zero-order valence-electron chi connectivity index (χ0n) is 9.61. The Morgan fingerprint density at radius 2 is 2.19 bits per heavy atom. The van der Waals surface area contributed by atoms with Crippen LogP contribution in [0.1, 0.15) is 19.8 Å². The van der Waals surface area contributed by atoms with Gasteiger partial charge < -0.3 is 20.5 Å². The molecule has 2 rings (SSSR count). The van der Waals surface area contributed by atoms with Gasteiger partial charge in [-0.15, -0.1) is 0 Å². The molecule has 1 saturated carbocycles. The predicted molar refractivity (Wildman–Crippen MR) is 58.9 cm³/mol. The summed E-state index contributed by atoms with van der Waals surface area (Å²) in [5.74, 6) is 0.701. The number of carbonyl (C=O) groups is 1. The number of carbonyl (C=O) groups excluding carboxylic acids is 1. The lowest BCUT2D eigenvalue weighted by atomic mass is 10.1.